The zero-order chi connectivity index (χ0) is 14.5. The Labute approximate surface area is 120 Å². The van der Waals surface area contributed by atoms with Gasteiger partial charge < -0.3 is 10.6 Å². The minimum atomic E-state index is -0.219. The standard InChI is InChI=1S/C16H23FN2O/c1-12(8-13-4-2-5-14(17)10-13)9-16(20)19-7-3-6-15(19)11-18/h2,4-5,10,12,15H,3,6-9,11,18H2,1H3. The highest BCUT2D eigenvalue weighted by Crippen LogP contribution is 2.20. The van der Waals surface area contributed by atoms with Crippen molar-refractivity contribution in [2.24, 2.45) is 11.7 Å². The molecule has 0 spiro atoms. The van der Waals surface area contributed by atoms with Gasteiger partial charge in [0.05, 0.1) is 0 Å². The Bertz CT molecular complexity index is 464. The number of hydrogen-bond donors (Lipinski definition) is 1. The summed E-state index contributed by atoms with van der Waals surface area (Å²) in [6.45, 7) is 3.41. The lowest BCUT2D eigenvalue weighted by Gasteiger charge is -2.25. The molecular formula is C16H23FN2O. The second kappa shape index (κ2) is 6.84. The Morgan fingerprint density at radius 2 is 2.35 bits per heavy atom. The van der Waals surface area contributed by atoms with E-state index >= 15 is 0 Å². The van der Waals surface area contributed by atoms with Gasteiger partial charge in [-0.2, -0.15) is 0 Å². The Morgan fingerprint density at radius 3 is 3.05 bits per heavy atom. The molecule has 1 aromatic rings. The summed E-state index contributed by atoms with van der Waals surface area (Å²) in [5, 5.41) is 0. The van der Waals surface area contributed by atoms with E-state index in [-0.39, 0.29) is 23.7 Å². The predicted octanol–water partition coefficient (Wildman–Crippen LogP) is 2.34. The molecule has 1 saturated heterocycles. The molecule has 3 nitrogen and oxygen atoms in total. The Hall–Kier alpha value is -1.42. The van der Waals surface area contributed by atoms with Gasteiger partial charge in [-0.05, 0) is 42.9 Å². The molecule has 2 N–H and O–H groups in total. The third-order valence-electron chi connectivity index (χ3n) is 3.97. The van der Waals surface area contributed by atoms with Gasteiger partial charge in [0, 0.05) is 25.6 Å². The van der Waals surface area contributed by atoms with Crippen LogP contribution >= 0.6 is 0 Å². The first-order chi connectivity index (χ1) is 9.60. The normalized spacial score (nSPS) is 20.1. The van der Waals surface area contributed by atoms with Crippen LogP contribution in [0.25, 0.3) is 0 Å². The van der Waals surface area contributed by atoms with Crippen molar-refractivity contribution in [1.29, 1.82) is 0 Å². The minimum Gasteiger partial charge on any atom is -0.338 e. The minimum absolute atomic E-state index is 0.182. The maximum Gasteiger partial charge on any atom is 0.223 e. The monoisotopic (exact) mass is 278 g/mol. The largest absolute Gasteiger partial charge is 0.338 e. The topological polar surface area (TPSA) is 46.3 Å². The highest BCUT2D eigenvalue weighted by molar-refractivity contribution is 5.77. The molecule has 1 amide bonds. The van der Waals surface area contributed by atoms with Crippen molar-refractivity contribution in [2.75, 3.05) is 13.1 Å². The molecule has 0 bridgehead atoms. The first-order valence-electron chi connectivity index (χ1n) is 7.34. The highest BCUT2D eigenvalue weighted by atomic mass is 19.1. The number of carbonyl (C=O) groups is 1. The number of nitrogens with zero attached hydrogens (tertiary/aromatic N) is 1. The third kappa shape index (κ3) is 3.79. The SMILES string of the molecule is CC(CC(=O)N1CCCC1CN)Cc1cccc(F)c1. The summed E-state index contributed by atoms with van der Waals surface area (Å²) in [4.78, 5) is 14.2. The summed E-state index contributed by atoms with van der Waals surface area (Å²) < 4.78 is 13.1. The van der Waals surface area contributed by atoms with E-state index in [1.54, 1.807) is 12.1 Å². The van der Waals surface area contributed by atoms with Gasteiger partial charge in [0.1, 0.15) is 5.82 Å². The van der Waals surface area contributed by atoms with Crippen LogP contribution in [0.4, 0.5) is 4.39 Å². The van der Waals surface area contributed by atoms with E-state index < -0.39 is 0 Å². The van der Waals surface area contributed by atoms with Gasteiger partial charge in [-0.1, -0.05) is 19.1 Å². The molecule has 2 unspecified atom stereocenters. The van der Waals surface area contributed by atoms with Gasteiger partial charge >= 0.3 is 0 Å². The number of carbonyl (C=O) groups excluding carboxylic acids is 1. The maximum absolute atomic E-state index is 13.1. The summed E-state index contributed by atoms with van der Waals surface area (Å²) in [5.41, 5.74) is 6.64. The summed E-state index contributed by atoms with van der Waals surface area (Å²) in [7, 11) is 0. The van der Waals surface area contributed by atoms with Crippen LogP contribution in [0.3, 0.4) is 0 Å². The number of likely N-dealkylation sites (tertiary alicyclic amines) is 1. The molecule has 0 radical (unpaired) electrons. The van der Waals surface area contributed by atoms with Crippen LogP contribution in [0.1, 0.15) is 31.7 Å². The lowest BCUT2D eigenvalue weighted by Crippen LogP contribution is -2.40. The van der Waals surface area contributed by atoms with Gasteiger partial charge in [-0.25, -0.2) is 4.39 Å². The molecule has 1 aliphatic rings. The van der Waals surface area contributed by atoms with Crippen molar-refractivity contribution < 1.29 is 9.18 Å². The fourth-order valence-electron chi connectivity index (χ4n) is 2.96. The molecule has 2 rings (SSSR count). The summed E-state index contributed by atoms with van der Waals surface area (Å²) in [5.74, 6) is 0.175. The molecule has 0 aromatic heterocycles. The second-order valence-corrected chi connectivity index (χ2v) is 5.76. The van der Waals surface area contributed by atoms with E-state index in [1.165, 1.54) is 6.07 Å². The number of benzene rings is 1. The molecule has 1 aliphatic heterocycles. The lowest BCUT2D eigenvalue weighted by molar-refractivity contribution is -0.132. The van der Waals surface area contributed by atoms with Crippen LogP contribution in [-0.2, 0) is 11.2 Å². The van der Waals surface area contributed by atoms with Crippen LogP contribution in [0, 0.1) is 11.7 Å². The number of amides is 1. The van der Waals surface area contributed by atoms with E-state index in [0.29, 0.717) is 13.0 Å². The first kappa shape index (κ1) is 15.0. The molecule has 1 aromatic carbocycles. The molecule has 4 heteroatoms. The van der Waals surface area contributed by atoms with E-state index in [0.717, 1.165) is 31.4 Å². The molecule has 0 saturated carbocycles. The van der Waals surface area contributed by atoms with E-state index in [2.05, 4.69) is 0 Å². The van der Waals surface area contributed by atoms with Crippen molar-refractivity contribution in [2.45, 2.75) is 38.6 Å². The average Bonchev–Trinajstić information content (AvgIpc) is 2.86. The molecule has 110 valence electrons. The van der Waals surface area contributed by atoms with Crippen LogP contribution < -0.4 is 5.73 Å². The van der Waals surface area contributed by atoms with Crippen LogP contribution in [-0.4, -0.2) is 29.9 Å². The molecule has 1 fully saturated rings. The van der Waals surface area contributed by atoms with Crippen molar-refractivity contribution in [3.05, 3.63) is 35.6 Å². The average molecular weight is 278 g/mol. The van der Waals surface area contributed by atoms with Gasteiger partial charge in [0.25, 0.3) is 0 Å². The Morgan fingerprint density at radius 1 is 1.55 bits per heavy atom. The van der Waals surface area contributed by atoms with Crippen molar-refractivity contribution in [3.8, 4) is 0 Å². The fraction of sp³-hybridized carbons (Fsp3) is 0.562. The molecule has 1 heterocycles. The van der Waals surface area contributed by atoms with Crippen LogP contribution in [0.15, 0.2) is 24.3 Å². The summed E-state index contributed by atoms with van der Waals surface area (Å²) in [6.07, 6.45) is 3.30. The van der Waals surface area contributed by atoms with E-state index in [4.69, 9.17) is 5.73 Å². The van der Waals surface area contributed by atoms with Gasteiger partial charge in [0.15, 0.2) is 0 Å². The van der Waals surface area contributed by atoms with Gasteiger partial charge in [0.2, 0.25) is 5.91 Å². The number of rotatable bonds is 5. The lowest BCUT2D eigenvalue weighted by atomic mass is 9.97. The van der Waals surface area contributed by atoms with Crippen molar-refractivity contribution in [3.63, 3.8) is 0 Å². The molecule has 2 atom stereocenters. The highest BCUT2D eigenvalue weighted by Gasteiger charge is 2.28. The maximum atomic E-state index is 13.1. The predicted molar refractivity (Wildman–Crippen MR) is 77.7 cm³/mol. The van der Waals surface area contributed by atoms with Crippen molar-refractivity contribution >= 4 is 5.91 Å². The summed E-state index contributed by atoms with van der Waals surface area (Å²) in [6, 6.07) is 6.81. The Kier molecular flexibility index (Phi) is 5.12. The fourth-order valence-corrected chi connectivity index (χ4v) is 2.96. The first-order valence-corrected chi connectivity index (χ1v) is 7.34. The van der Waals surface area contributed by atoms with Gasteiger partial charge in [-0.3, -0.25) is 4.79 Å². The number of hydrogen-bond acceptors (Lipinski definition) is 2. The van der Waals surface area contributed by atoms with E-state index in [9.17, 15) is 9.18 Å². The smallest absolute Gasteiger partial charge is 0.223 e. The molecule has 0 aliphatic carbocycles. The molecule has 20 heavy (non-hydrogen) atoms. The zero-order valence-corrected chi connectivity index (χ0v) is 12.0. The van der Waals surface area contributed by atoms with E-state index in [1.807, 2.05) is 17.9 Å². The van der Waals surface area contributed by atoms with Crippen molar-refractivity contribution in [1.82, 2.24) is 4.90 Å². The Balaban J connectivity index is 1.88. The number of halogens is 1. The van der Waals surface area contributed by atoms with Crippen LogP contribution in [0.2, 0.25) is 0 Å². The second-order valence-electron chi connectivity index (χ2n) is 5.76. The molecular weight excluding hydrogens is 255 g/mol. The van der Waals surface area contributed by atoms with Crippen LogP contribution in [0.5, 0.6) is 0 Å². The zero-order valence-electron chi connectivity index (χ0n) is 12.0. The quantitative estimate of drug-likeness (QED) is 0.898. The van der Waals surface area contributed by atoms with Gasteiger partial charge in [-0.15, -0.1) is 0 Å². The third-order valence-corrected chi connectivity index (χ3v) is 3.97. The summed E-state index contributed by atoms with van der Waals surface area (Å²) >= 11 is 0. The number of nitrogens with two attached hydrogens (primary N) is 1.